The van der Waals surface area contributed by atoms with Crippen LogP contribution in [0.2, 0.25) is 0 Å². The highest BCUT2D eigenvalue weighted by atomic mass is 16.6. The Balaban J connectivity index is 1.31. The maximum atomic E-state index is 12.7. The standard InChI is InChI=1S/C25H31N3O4/c1-3-27(4-2)16-19-7-5-18(6-8-19)15-26-25(30)20-13-24(29)28(17-20)21-9-10-22-23(14-21)32-12-11-31-22/h5-10,14,20H,3-4,11-13,15-17H2,1-2H3,(H,26,30). The van der Waals surface area contributed by atoms with Gasteiger partial charge in [0.1, 0.15) is 13.2 Å². The molecule has 0 spiro atoms. The van der Waals surface area contributed by atoms with Crippen molar-refractivity contribution in [1.82, 2.24) is 10.2 Å². The molecule has 4 rings (SSSR count). The lowest BCUT2D eigenvalue weighted by Crippen LogP contribution is -2.32. The van der Waals surface area contributed by atoms with E-state index >= 15 is 0 Å². The van der Waals surface area contributed by atoms with Crippen LogP contribution in [0.1, 0.15) is 31.4 Å². The first-order valence-electron chi connectivity index (χ1n) is 11.3. The number of hydrogen-bond donors (Lipinski definition) is 1. The lowest BCUT2D eigenvalue weighted by molar-refractivity contribution is -0.126. The SMILES string of the molecule is CCN(CC)Cc1ccc(CNC(=O)C2CC(=O)N(c3ccc4c(c3)OCCO4)C2)cc1. The number of ether oxygens (including phenoxy) is 2. The molecule has 170 valence electrons. The van der Waals surface area contributed by atoms with E-state index < -0.39 is 0 Å². The van der Waals surface area contributed by atoms with Crippen LogP contribution in [0.3, 0.4) is 0 Å². The minimum absolute atomic E-state index is 0.0532. The minimum Gasteiger partial charge on any atom is -0.486 e. The molecule has 0 saturated carbocycles. The topological polar surface area (TPSA) is 71.1 Å². The molecule has 0 aliphatic carbocycles. The van der Waals surface area contributed by atoms with Crippen LogP contribution in [0.4, 0.5) is 5.69 Å². The van der Waals surface area contributed by atoms with Gasteiger partial charge >= 0.3 is 0 Å². The van der Waals surface area contributed by atoms with Gasteiger partial charge in [-0.2, -0.15) is 0 Å². The molecule has 2 heterocycles. The molecule has 1 atom stereocenters. The van der Waals surface area contributed by atoms with Crippen LogP contribution >= 0.6 is 0 Å². The van der Waals surface area contributed by atoms with Crippen molar-refractivity contribution in [3.8, 4) is 11.5 Å². The van der Waals surface area contributed by atoms with Crippen LogP contribution in [-0.2, 0) is 22.7 Å². The molecule has 2 aliphatic rings. The average molecular weight is 438 g/mol. The van der Waals surface area contributed by atoms with Crippen molar-refractivity contribution in [3.05, 3.63) is 53.6 Å². The zero-order valence-corrected chi connectivity index (χ0v) is 18.8. The van der Waals surface area contributed by atoms with Crippen LogP contribution in [-0.4, -0.2) is 49.6 Å². The Hall–Kier alpha value is -3.06. The van der Waals surface area contributed by atoms with Crippen LogP contribution in [0.5, 0.6) is 11.5 Å². The summed E-state index contributed by atoms with van der Waals surface area (Å²) in [6.45, 7) is 9.15. The molecule has 1 fully saturated rings. The van der Waals surface area contributed by atoms with Crippen LogP contribution in [0.25, 0.3) is 0 Å². The molecule has 1 unspecified atom stereocenters. The van der Waals surface area contributed by atoms with Crippen molar-refractivity contribution in [1.29, 1.82) is 0 Å². The molecule has 2 aromatic rings. The number of nitrogens with one attached hydrogen (secondary N) is 1. The predicted octanol–water partition coefficient (Wildman–Crippen LogP) is 2.97. The second-order valence-electron chi connectivity index (χ2n) is 8.23. The summed E-state index contributed by atoms with van der Waals surface area (Å²) in [7, 11) is 0. The fourth-order valence-electron chi connectivity index (χ4n) is 4.13. The fraction of sp³-hybridized carbons (Fsp3) is 0.440. The number of carbonyl (C=O) groups excluding carboxylic acids is 2. The highest BCUT2D eigenvalue weighted by molar-refractivity contribution is 6.00. The summed E-state index contributed by atoms with van der Waals surface area (Å²) in [5, 5.41) is 2.99. The largest absolute Gasteiger partial charge is 0.486 e. The van der Waals surface area contributed by atoms with E-state index in [4.69, 9.17) is 9.47 Å². The molecule has 1 saturated heterocycles. The maximum Gasteiger partial charge on any atom is 0.227 e. The summed E-state index contributed by atoms with van der Waals surface area (Å²) in [5.74, 6) is 0.814. The molecule has 2 aliphatic heterocycles. The Morgan fingerprint density at radius 2 is 1.72 bits per heavy atom. The van der Waals surface area contributed by atoms with E-state index in [-0.39, 0.29) is 24.2 Å². The summed E-state index contributed by atoms with van der Waals surface area (Å²) in [5.41, 5.74) is 3.05. The van der Waals surface area contributed by atoms with Gasteiger partial charge in [0.2, 0.25) is 11.8 Å². The van der Waals surface area contributed by atoms with E-state index in [9.17, 15) is 9.59 Å². The predicted molar refractivity (Wildman–Crippen MR) is 123 cm³/mol. The van der Waals surface area contributed by atoms with Gasteiger partial charge in [-0.05, 0) is 36.3 Å². The fourth-order valence-corrected chi connectivity index (χ4v) is 4.13. The summed E-state index contributed by atoms with van der Waals surface area (Å²) in [6, 6.07) is 13.8. The molecule has 0 aromatic heterocycles. The second-order valence-corrected chi connectivity index (χ2v) is 8.23. The first-order valence-corrected chi connectivity index (χ1v) is 11.3. The van der Waals surface area contributed by atoms with Gasteiger partial charge in [0.05, 0.1) is 5.92 Å². The highest BCUT2D eigenvalue weighted by Crippen LogP contribution is 2.36. The van der Waals surface area contributed by atoms with Crippen LogP contribution in [0.15, 0.2) is 42.5 Å². The van der Waals surface area contributed by atoms with Gasteiger partial charge < -0.3 is 19.7 Å². The number of amides is 2. The Morgan fingerprint density at radius 1 is 1.03 bits per heavy atom. The zero-order valence-electron chi connectivity index (χ0n) is 18.8. The average Bonchev–Trinajstić information content (AvgIpc) is 3.23. The van der Waals surface area contributed by atoms with Gasteiger partial charge in [0.25, 0.3) is 0 Å². The minimum atomic E-state index is -0.363. The summed E-state index contributed by atoms with van der Waals surface area (Å²) < 4.78 is 11.2. The smallest absolute Gasteiger partial charge is 0.227 e. The number of rotatable bonds is 8. The van der Waals surface area contributed by atoms with Gasteiger partial charge in [-0.3, -0.25) is 14.5 Å². The zero-order chi connectivity index (χ0) is 22.5. The van der Waals surface area contributed by atoms with Gasteiger partial charge in [0, 0.05) is 37.8 Å². The summed E-state index contributed by atoms with van der Waals surface area (Å²) >= 11 is 0. The molecule has 7 nitrogen and oxygen atoms in total. The Morgan fingerprint density at radius 3 is 2.44 bits per heavy atom. The first-order chi connectivity index (χ1) is 15.6. The lowest BCUT2D eigenvalue weighted by atomic mass is 10.1. The lowest BCUT2D eigenvalue weighted by Gasteiger charge is -2.22. The molecular weight excluding hydrogens is 406 g/mol. The van der Waals surface area contributed by atoms with Crippen molar-refractivity contribution in [2.45, 2.75) is 33.4 Å². The third-order valence-corrected chi connectivity index (χ3v) is 6.12. The second kappa shape index (κ2) is 10.0. The van der Waals surface area contributed by atoms with E-state index in [1.165, 1.54) is 5.56 Å². The third-order valence-electron chi connectivity index (χ3n) is 6.12. The van der Waals surface area contributed by atoms with Crippen molar-refractivity contribution in [2.75, 3.05) is 37.7 Å². The van der Waals surface area contributed by atoms with Gasteiger partial charge in [-0.1, -0.05) is 38.1 Å². The molecule has 32 heavy (non-hydrogen) atoms. The highest BCUT2D eigenvalue weighted by Gasteiger charge is 2.35. The van der Waals surface area contributed by atoms with E-state index in [1.54, 1.807) is 4.90 Å². The van der Waals surface area contributed by atoms with Gasteiger partial charge in [0.15, 0.2) is 11.5 Å². The molecular formula is C25H31N3O4. The molecule has 0 bridgehead atoms. The van der Waals surface area contributed by atoms with Crippen LogP contribution in [0, 0.1) is 5.92 Å². The Bertz CT molecular complexity index is 956. The quantitative estimate of drug-likeness (QED) is 0.688. The van der Waals surface area contributed by atoms with Crippen molar-refractivity contribution in [2.24, 2.45) is 5.92 Å². The monoisotopic (exact) mass is 437 g/mol. The summed E-state index contributed by atoms with van der Waals surface area (Å²) in [4.78, 5) is 29.3. The molecule has 2 amide bonds. The van der Waals surface area contributed by atoms with E-state index in [0.717, 1.165) is 30.9 Å². The number of benzene rings is 2. The van der Waals surface area contributed by atoms with E-state index in [0.29, 0.717) is 37.8 Å². The van der Waals surface area contributed by atoms with Crippen LogP contribution < -0.4 is 19.7 Å². The number of hydrogen-bond acceptors (Lipinski definition) is 5. The number of carbonyl (C=O) groups is 2. The first kappa shape index (κ1) is 22.1. The van der Waals surface area contributed by atoms with Gasteiger partial charge in [-0.15, -0.1) is 0 Å². The molecule has 0 radical (unpaired) electrons. The van der Waals surface area contributed by atoms with Crippen molar-refractivity contribution in [3.63, 3.8) is 0 Å². The van der Waals surface area contributed by atoms with E-state index in [1.807, 2.05) is 18.2 Å². The number of nitrogens with zero attached hydrogens (tertiary/aromatic N) is 2. The third kappa shape index (κ3) is 5.05. The number of anilines is 1. The maximum absolute atomic E-state index is 12.7. The molecule has 1 N–H and O–H groups in total. The van der Waals surface area contributed by atoms with E-state index in [2.05, 4.69) is 48.3 Å². The van der Waals surface area contributed by atoms with Gasteiger partial charge in [-0.25, -0.2) is 0 Å². The molecule has 7 heteroatoms. The number of fused-ring (bicyclic) bond motifs is 1. The normalized spacial score (nSPS) is 17.7. The summed E-state index contributed by atoms with van der Waals surface area (Å²) in [6.07, 6.45) is 0.211. The van der Waals surface area contributed by atoms with Crippen molar-refractivity contribution < 1.29 is 19.1 Å². The Labute approximate surface area is 189 Å². The Kier molecular flexibility index (Phi) is 6.95. The van der Waals surface area contributed by atoms with Crippen molar-refractivity contribution >= 4 is 17.5 Å². The molecule has 2 aromatic carbocycles.